The zero-order valence-electron chi connectivity index (χ0n) is 18.7. The lowest BCUT2D eigenvalue weighted by molar-refractivity contribution is -0.132. The number of nitrogens with zero attached hydrogens (tertiary/aromatic N) is 6. The predicted octanol–water partition coefficient (Wildman–Crippen LogP) is 3.31. The van der Waals surface area contributed by atoms with E-state index in [-0.39, 0.29) is 50.3 Å². The molecule has 2 aromatic carbocycles. The number of piperazine rings is 1. The summed E-state index contributed by atoms with van der Waals surface area (Å²) >= 11 is 7.56. The highest BCUT2D eigenvalue weighted by atomic mass is 35.5. The molecule has 0 unspecified atom stereocenters. The quantitative estimate of drug-likeness (QED) is 0.411. The Bertz CT molecular complexity index is 1560. The van der Waals surface area contributed by atoms with Gasteiger partial charge in [0.25, 0.3) is 0 Å². The lowest BCUT2D eigenvalue weighted by Gasteiger charge is -2.41. The van der Waals surface area contributed by atoms with Gasteiger partial charge in [0.05, 0.1) is 40.3 Å². The summed E-state index contributed by atoms with van der Waals surface area (Å²) in [5.41, 5.74) is 11.9. The van der Waals surface area contributed by atoms with E-state index >= 15 is 4.39 Å². The molecule has 13 heteroatoms. The highest BCUT2D eigenvalue weighted by Crippen LogP contribution is 2.42. The summed E-state index contributed by atoms with van der Waals surface area (Å²) in [6.07, 6.45) is 1.36. The summed E-state index contributed by atoms with van der Waals surface area (Å²) < 4.78 is 30.5. The molecule has 1 fully saturated rings. The molecular formula is C23H19ClF2N8OS. The van der Waals surface area contributed by atoms with E-state index in [4.69, 9.17) is 23.1 Å². The molecule has 0 aliphatic carbocycles. The fourth-order valence-corrected chi connectivity index (χ4v) is 5.64. The molecule has 0 radical (unpaired) electrons. The minimum atomic E-state index is -0.703. The summed E-state index contributed by atoms with van der Waals surface area (Å²) in [4.78, 5) is 28.4. The second-order valence-corrected chi connectivity index (χ2v) is 9.66. The maximum absolute atomic E-state index is 16.0. The van der Waals surface area contributed by atoms with Crippen molar-refractivity contribution in [1.82, 2.24) is 19.9 Å². The van der Waals surface area contributed by atoms with Crippen LogP contribution < -0.4 is 16.4 Å². The molecule has 1 aliphatic rings. The Kier molecular flexibility index (Phi) is 6.29. The molecule has 4 N–H and O–H groups in total. The average Bonchev–Trinajstić information content (AvgIpc) is 3.27. The summed E-state index contributed by atoms with van der Waals surface area (Å²) in [5.74, 6) is -1.03. The van der Waals surface area contributed by atoms with Gasteiger partial charge in [0, 0.05) is 36.1 Å². The third kappa shape index (κ3) is 3.95. The lowest BCUT2D eigenvalue weighted by Crippen LogP contribution is -2.56. The van der Waals surface area contributed by atoms with Gasteiger partial charge in [-0.15, -0.1) is 0 Å². The number of carbonyl (C=O) groups excluding carboxylic acids is 1. The van der Waals surface area contributed by atoms with Gasteiger partial charge in [0.2, 0.25) is 5.91 Å². The zero-order valence-corrected chi connectivity index (χ0v) is 20.3. The Hall–Kier alpha value is -3.66. The summed E-state index contributed by atoms with van der Waals surface area (Å²) in [7, 11) is 0. The molecule has 3 heterocycles. The number of hydrogen-bond donors (Lipinski definition) is 2. The number of amides is 1. The van der Waals surface area contributed by atoms with Gasteiger partial charge >= 0.3 is 0 Å². The van der Waals surface area contributed by atoms with E-state index in [0.717, 1.165) is 11.3 Å². The first-order valence-corrected chi connectivity index (χ1v) is 12.1. The molecule has 1 atom stereocenters. The highest BCUT2D eigenvalue weighted by molar-refractivity contribution is 7.22. The molecule has 0 spiro atoms. The van der Waals surface area contributed by atoms with Crippen molar-refractivity contribution >= 4 is 60.9 Å². The van der Waals surface area contributed by atoms with Crippen LogP contribution in [0.1, 0.15) is 6.42 Å². The summed E-state index contributed by atoms with van der Waals surface area (Å²) in [6.45, 7) is 0.894. The van der Waals surface area contributed by atoms with Gasteiger partial charge in [-0.3, -0.25) is 4.79 Å². The molecule has 36 heavy (non-hydrogen) atoms. The number of benzene rings is 2. The van der Waals surface area contributed by atoms with E-state index in [9.17, 15) is 14.4 Å². The monoisotopic (exact) mass is 528 g/mol. The third-order valence-electron chi connectivity index (χ3n) is 6.19. The van der Waals surface area contributed by atoms with Crippen molar-refractivity contribution in [2.75, 3.05) is 36.8 Å². The SMILES string of the molecule is N#CC[C@H]1CN(c2ncnc3c(F)c(-c4ccc(F)c5sc(N)nc45)c(Cl)cc23)CCN1C(=O)CN. The number of nitriles is 1. The van der Waals surface area contributed by atoms with Crippen molar-refractivity contribution in [2.24, 2.45) is 5.73 Å². The normalized spacial score (nSPS) is 16.0. The minimum Gasteiger partial charge on any atom is -0.375 e. The molecule has 0 saturated carbocycles. The fraction of sp³-hybridized carbons (Fsp3) is 0.261. The van der Waals surface area contributed by atoms with Crippen LogP contribution >= 0.6 is 22.9 Å². The molecule has 1 saturated heterocycles. The van der Waals surface area contributed by atoms with Crippen molar-refractivity contribution in [3.05, 3.63) is 41.2 Å². The number of carbonyl (C=O) groups is 1. The number of anilines is 2. The predicted molar refractivity (Wildman–Crippen MR) is 134 cm³/mol. The average molecular weight is 529 g/mol. The van der Waals surface area contributed by atoms with Gasteiger partial charge in [0.15, 0.2) is 10.9 Å². The topological polar surface area (TPSA) is 138 Å². The number of halogens is 3. The van der Waals surface area contributed by atoms with Crippen molar-refractivity contribution < 1.29 is 13.6 Å². The van der Waals surface area contributed by atoms with Crippen molar-refractivity contribution in [1.29, 1.82) is 5.26 Å². The second-order valence-electron chi connectivity index (χ2n) is 8.22. The second kappa shape index (κ2) is 9.42. The van der Waals surface area contributed by atoms with E-state index < -0.39 is 17.7 Å². The van der Waals surface area contributed by atoms with Gasteiger partial charge < -0.3 is 21.3 Å². The van der Waals surface area contributed by atoms with Crippen LogP contribution in [0.2, 0.25) is 5.02 Å². The fourth-order valence-electron chi connectivity index (χ4n) is 4.58. The van der Waals surface area contributed by atoms with E-state index in [1.54, 1.807) is 11.0 Å². The maximum Gasteiger partial charge on any atom is 0.236 e. The molecule has 0 bridgehead atoms. The Balaban J connectivity index is 1.61. The van der Waals surface area contributed by atoms with Gasteiger partial charge in [-0.2, -0.15) is 5.26 Å². The van der Waals surface area contributed by atoms with E-state index in [1.807, 2.05) is 4.90 Å². The number of nitrogens with two attached hydrogens (primary N) is 2. The third-order valence-corrected chi connectivity index (χ3v) is 7.38. The van der Waals surface area contributed by atoms with Crippen LogP contribution in [0.4, 0.5) is 19.7 Å². The first kappa shape index (κ1) is 24.1. The highest BCUT2D eigenvalue weighted by Gasteiger charge is 2.32. The number of fused-ring (bicyclic) bond motifs is 2. The van der Waals surface area contributed by atoms with Crippen LogP contribution in [0, 0.1) is 23.0 Å². The Morgan fingerprint density at radius 3 is 2.83 bits per heavy atom. The molecule has 1 aliphatic heterocycles. The van der Waals surface area contributed by atoms with Crippen LogP contribution in [-0.4, -0.2) is 58.0 Å². The van der Waals surface area contributed by atoms with E-state index in [2.05, 4.69) is 21.0 Å². The smallest absolute Gasteiger partial charge is 0.236 e. The van der Waals surface area contributed by atoms with Crippen LogP contribution in [-0.2, 0) is 4.79 Å². The van der Waals surface area contributed by atoms with Gasteiger partial charge in [-0.05, 0) is 18.2 Å². The van der Waals surface area contributed by atoms with Crippen LogP contribution in [0.15, 0.2) is 24.5 Å². The van der Waals surface area contributed by atoms with Crippen LogP contribution in [0.25, 0.3) is 32.2 Å². The molecule has 9 nitrogen and oxygen atoms in total. The molecule has 184 valence electrons. The van der Waals surface area contributed by atoms with Crippen LogP contribution in [0.5, 0.6) is 0 Å². The Morgan fingerprint density at radius 2 is 2.08 bits per heavy atom. The number of nitrogen functional groups attached to an aromatic ring is 1. The van der Waals surface area contributed by atoms with Crippen LogP contribution in [0.3, 0.4) is 0 Å². The van der Waals surface area contributed by atoms with Gasteiger partial charge in [-0.25, -0.2) is 23.7 Å². The van der Waals surface area contributed by atoms with Gasteiger partial charge in [0.1, 0.15) is 23.5 Å². The number of aromatic nitrogens is 3. The molecular weight excluding hydrogens is 510 g/mol. The molecule has 1 amide bonds. The molecule has 2 aromatic heterocycles. The van der Waals surface area contributed by atoms with E-state index in [1.165, 1.54) is 18.5 Å². The summed E-state index contributed by atoms with van der Waals surface area (Å²) in [6, 6.07) is 5.90. The van der Waals surface area contributed by atoms with Gasteiger partial charge in [-0.1, -0.05) is 22.9 Å². The molecule has 4 aromatic rings. The maximum atomic E-state index is 16.0. The first-order chi connectivity index (χ1) is 17.3. The minimum absolute atomic E-state index is 0.0253. The van der Waals surface area contributed by atoms with Crippen molar-refractivity contribution in [3.8, 4) is 17.2 Å². The zero-order chi connectivity index (χ0) is 25.6. The largest absolute Gasteiger partial charge is 0.375 e. The number of thiazole rings is 1. The Morgan fingerprint density at radius 1 is 1.28 bits per heavy atom. The van der Waals surface area contributed by atoms with Crippen molar-refractivity contribution in [3.63, 3.8) is 0 Å². The summed E-state index contributed by atoms with van der Waals surface area (Å²) in [5, 5.41) is 9.85. The first-order valence-electron chi connectivity index (χ1n) is 10.9. The standard InChI is InChI=1S/C23H19ClF2N8OS/c24-14-7-13-19(18(26)17(14)12-1-2-15(25)21-20(12)32-23(29)36-21)30-10-31-22(13)33-5-6-34(16(35)8-28)11(9-33)3-4-27/h1-2,7,10-11H,3,5-6,8-9,28H2,(H2,29,32)/t11-/m0/s1. The Labute approximate surface area is 212 Å². The lowest BCUT2D eigenvalue weighted by atomic mass is 10.0. The number of hydrogen-bond acceptors (Lipinski definition) is 9. The number of rotatable bonds is 4. The molecule has 5 rings (SSSR count). The van der Waals surface area contributed by atoms with Crippen molar-refractivity contribution in [2.45, 2.75) is 12.5 Å². The van der Waals surface area contributed by atoms with E-state index in [0.29, 0.717) is 36.4 Å².